The van der Waals surface area contributed by atoms with E-state index >= 15 is 0 Å². The highest BCUT2D eigenvalue weighted by Crippen LogP contribution is 2.33. The summed E-state index contributed by atoms with van der Waals surface area (Å²) < 4.78 is 5.61. The minimum atomic E-state index is 0.145. The van der Waals surface area contributed by atoms with Gasteiger partial charge in [0.05, 0.1) is 17.3 Å². The summed E-state index contributed by atoms with van der Waals surface area (Å²) in [6, 6.07) is 0. The molecule has 1 unspecified atom stereocenters. The molecule has 4 heteroatoms. The van der Waals surface area contributed by atoms with Gasteiger partial charge in [-0.25, -0.2) is 4.98 Å². The predicted molar refractivity (Wildman–Crippen MR) is 85.6 cm³/mol. The molecule has 1 fully saturated rings. The van der Waals surface area contributed by atoms with Gasteiger partial charge in [-0.3, -0.25) is 0 Å². The van der Waals surface area contributed by atoms with Crippen molar-refractivity contribution in [3.8, 4) is 0 Å². The SMILES string of the molecule is CC(C)c1nc(C2CCCOC2)sc1CNC(C)(C)C. The Balaban J connectivity index is 2.14. The first-order valence-electron chi connectivity index (χ1n) is 7.69. The maximum absolute atomic E-state index is 5.61. The van der Waals surface area contributed by atoms with Crippen molar-refractivity contribution in [2.75, 3.05) is 13.2 Å². The van der Waals surface area contributed by atoms with Crippen molar-refractivity contribution in [1.29, 1.82) is 0 Å². The van der Waals surface area contributed by atoms with Crippen molar-refractivity contribution in [3.63, 3.8) is 0 Å². The Labute approximate surface area is 127 Å². The van der Waals surface area contributed by atoms with Crippen LogP contribution in [0.5, 0.6) is 0 Å². The molecule has 3 nitrogen and oxygen atoms in total. The third kappa shape index (κ3) is 4.27. The number of rotatable bonds is 4. The van der Waals surface area contributed by atoms with Crippen LogP contribution in [0.3, 0.4) is 0 Å². The van der Waals surface area contributed by atoms with Crippen LogP contribution in [-0.2, 0) is 11.3 Å². The van der Waals surface area contributed by atoms with Gasteiger partial charge in [-0.2, -0.15) is 0 Å². The topological polar surface area (TPSA) is 34.1 Å². The van der Waals surface area contributed by atoms with E-state index in [1.807, 2.05) is 11.3 Å². The summed E-state index contributed by atoms with van der Waals surface area (Å²) in [5, 5.41) is 4.87. The number of hydrogen-bond acceptors (Lipinski definition) is 4. The number of ether oxygens (including phenoxy) is 1. The van der Waals surface area contributed by atoms with E-state index in [0.29, 0.717) is 11.8 Å². The average molecular weight is 296 g/mol. The maximum Gasteiger partial charge on any atom is 0.0985 e. The van der Waals surface area contributed by atoms with Crippen LogP contribution in [0.15, 0.2) is 0 Å². The van der Waals surface area contributed by atoms with Crippen LogP contribution < -0.4 is 5.32 Å². The van der Waals surface area contributed by atoms with Crippen LogP contribution in [0, 0.1) is 0 Å². The van der Waals surface area contributed by atoms with E-state index in [4.69, 9.17) is 9.72 Å². The molecule has 114 valence electrons. The lowest BCUT2D eigenvalue weighted by Crippen LogP contribution is -2.35. The largest absolute Gasteiger partial charge is 0.381 e. The van der Waals surface area contributed by atoms with E-state index < -0.39 is 0 Å². The monoisotopic (exact) mass is 296 g/mol. The minimum absolute atomic E-state index is 0.145. The van der Waals surface area contributed by atoms with Crippen molar-refractivity contribution < 1.29 is 4.74 Å². The summed E-state index contributed by atoms with van der Waals surface area (Å²) in [6.07, 6.45) is 2.38. The summed E-state index contributed by atoms with van der Waals surface area (Å²) in [5.41, 5.74) is 1.42. The van der Waals surface area contributed by atoms with Crippen molar-refractivity contribution in [2.24, 2.45) is 0 Å². The Kier molecular flexibility index (Phi) is 5.21. The second kappa shape index (κ2) is 6.54. The lowest BCUT2D eigenvalue weighted by atomic mass is 10.0. The highest BCUT2D eigenvalue weighted by molar-refractivity contribution is 7.11. The van der Waals surface area contributed by atoms with Gasteiger partial charge in [-0.1, -0.05) is 13.8 Å². The van der Waals surface area contributed by atoms with Gasteiger partial charge in [0.1, 0.15) is 0 Å². The molecule has 1 N–H and O–H groups in total. The summed E-state index contributed by atoms with van der Waals surface area (Å²) in [7, 11) is 0. The Morgan fingerprint density at radius 3 is 2.70 bits per heavy atom. The maximum atomic E-state index is 5.61. The van der Waals surface area contributed by atoms with Gasteiger partial charge >= 0.3 is 0 Å². The number of nitrogens with zero attached hydrogens (tertiary/aromatic N) is 1. The van der Waals surface area contributed by atoms with Gasteiger partial charge in [0, 0.05) is 29.5 Å². The fourth-order valence-corrected chi connectivity index (χ4v) is 3.69. The molecule has 0 saturated carbocycles. The lowest BCUT2D eigenvalue weighted by Gasteiger charge is -2.20. The van der Waals surface area contributed by atoms with E-state index in [-0.39, 0.29) is 5.54 Å². The number of aromatic nitrogens is 1. The lowest BCUT2D eigenvalue weighted by molar-refractivity contribution is 0.0803. The van der Waals surface area contributed by atoms with Gasteiger partial charge in [0.25, 0.3) is 0 Å². The molecular formula is C16H28N2OS. The summed E-state index contributed by atoms with van der Waals surface area (Å²) in [5.74, 6) is 0.996. The molecular weight excluding hydrogens is 268 g/mol. The normalized spacial score (nSPS) is 20.6. The van der Waals surface area contributed by atoms with E-state index in [0.717, 1.165) is 26.2 Å². The Morgan fingerprint density at radius 1 is 1.40 bits per heavy atom. The first-order valence-corrected chi connectivity index (χ1v) is 8.50. The minimum Gasteiger partial charge on any atom is -0.381 e. The molecule has 1 aromatic rings. The number of thiazole rings is 1. The highest BCUT2D eigenvalue weighted by atomic mass is 32.1. The van der Waals surface area contributed by atoms with E-state index in [1.165, 1.54) is 22.0 Å². The molecule has 0 bridgehead atoms. The van der Waals surface area contributed by atoms with Crippen molar-refractivity contribution in [3.05, 3.63) is 15.6 Å². The van der Waals surface area contributed by atoms with Crippen LogP contribution in [0.4, 0.5) is 0 Å². The number of hydrogen-bond donors (Lipinski definition) is 1. The van der Waals surface area contributed by atoms with Crippen LogP contribution in [0.25, 0.3) is 0 Å². The smallest absolute Gasteiger partial charge is 0.0985 e. The van der Waals surface area contributed by atoms with Gasteiger partial charge < -0.3 is 10.1 Å². The summed E-state index contributed by atoms with van der Waals surface area (Å²) >= 11 is 1.88. The second-order valence-corrected chi connectivity index (χ2v) is 8.15. The van der Waals surface area contributed by atoms with Gasteiger partial charge in [0.2, 0.25) is 0 Å². The van der Waals surface area contributed by atoms with Crippen LogP contribution in [0.1, 0.15) is 74.9 Å². The van der Waals surface area contributed by atoms with Gasteiger partial charge in [0.15, 0.2) is 0 Å². The van der Waals surface area contributed by atoms with E-state index in [9.17, 15) is 0 Å². The fourth-order valence-electron chi connectivity index (χ4n) is 2.42. The highest BCUT2D eigenvalue weighted by Gasteiger charge is 2.23. The predicted octanol–water partition coefficient (Wildman–Crippen LogP) is 4.05. The molecule has 2 heterocycles. The standard InChI is InChI=1S/C16H28N2OS/c1-11(2)14-13(9-17-16(3,4)5)20-15(18-14)12-7-6-8-19-10-12/h11-12,17H,6-10H2,1-5H3. The molecule has 1 aromatic heterocycles. The molecule has 2 rings (SSSR count). The van der Waals surface area contributed by atoms with Gasteiger partial charge in [-0.15, -0.1) is 11.3 Å². The zero-order valence-electron chi connectivity index (χ0n) is 13.5. The second-order valence-electron chi connectivity index (χ2n) is 7.03. The summed E-state index contributed by atoms with van der Waals surface area (Å²) in [4.78, 5) is 6.33. The van der Waals surface area contributed by atoms with Crippen LogP contribution in [-0.4, -0.2) is 23.7 Å². The summed E-state index contributed by atoms with van der Waals surface area (Å²) in [6.45, 7) is 13.8. The molecule has 20 heavy (non-hydrogen) atoms. The Morgan fingerprint density at radius 2 is 2.15 bits per heavy atom. The quantitative estimate of drug-likeness (QED) is 0.910. The van der Waals surface area contributed by atoms with Crippen LogP contribution in [0.2, 0.25) is 0 Å². The van der Waals surface area contributed by atoms with Gasteiger partial charge in [-0.05, 0) is 39.5 Å². The molecule has 1 aliphatic rings. The zero-order valence-corrected chi connectivity index (χ0v) is 14.3. The average Bonchev–Trinajstić information content (AvgIpc) is 2.81. The third-order valence-corrected chi connectivity index (χ3v) is 4.81. The molecule has 1 saturated heterocycles. The molecule has 0 spiro atoms. The molecule has 1 atom stereocenters. The third-order valence-electron chi connectivity index (χ3n) is 3.58. The molecule has 0 aliphatic carbocycles. The molecule has 0 radical (unpaired) electrons. The van der Waals surface area contributed by atoms with E-state index in [1.54, 1.807) is 0 Å². The molecule has 1 aliphatic heterocycles. The first-order chi connectivity index (χ1) is 9.37. The fraction of sp³-hybridized carbons (Fsp3) is 0.812. The molecule has 0 aromatic carbocycles. The Hall–Kier alpha value is -0.450. The molecule has 0 amide bonds. The zero-order chi connectivity index (χ0) is 14.8. The number of nitrogens with one attached hydrogen (secondary N) is 1. The van der Waals surface area contributed by atoms with Crippen molar-refractivity contribution in [2.45, 2.75) is 71.4 Å². The van der Waals surface area contributed by atoms with Crippen molar-refractivity contribution >= 4 is 11.3 Å². The van der Waals surface area contributed by atoms with Crippen molar-refractivity contribution in [1.82, 2.24) is 10.3 Å². The Bertz CT molecular complexity index is 428. The first kappa shape index (κ1) is 15.9. The van der Waals surface area contributed by atoms with Crippen LogP contribution >= 0.6 is 11.3 Å². The van der Waals surface area contributed by atoms with E-state index in [2.05, 4.69) is 39.9 Å².